The number of hydrogen-bond acceptors (Lipinski definition) is 3. The summed E-state index contributed by atoms with van der Waals surface area (Å²) in [7, 11) is 0. The minimum atomic E-state index is -0.487. The Morgan fingerprint density at radius 1 is 1.20 bits per heavy atom. The molecule has 2 aromatic rings. The molecule has 130 valence electrons. The summed E-state index contributed by atoms with van der Waals surface area (Å²) in [5, 5.41) is 2.72. The van der Waals surface area contributed by atoms with E-state index in [4.69, 9.17) is 4.74 Å². The number of amides is 2. The molecule has 2 amide bonds. The fourth-order valence-corrected chi connectivity index (χ4v) is 2.88. The molecule has 1 heterocycles. The van der Waals surface area contributed by atoms with Crippen molar-refractivity contribution in [3.8, 4) is 5.75 Å². The van der Waals surface area contributed by atoms with Crippen molar-refractivity contribution < 1.29 is 18.7 Å². The van der Waals surface area contributed by atoms with Crippen LogP contribution in [0.25, 0.3) is 0 Å². The standard InChI is InChI=1S/C19H19FN2O3/c1-2-25-15-9-7-14(8-10-15)21-17(23)12-22-18(24)11-6-13-4-3-5-16(20)19(13)22/h3-5,7-10H,2,6,11-12H2,1H3,(H,21,23). The molecule has 0 atom stereocenters. The molecule has 0 radical (unpaired) electrons. The van der Waals surface area contributed by atoms with Crippen LogP contribution in [0.5, 0.6) is 5.75 Å². The van der Waals surface area contributed by atoms with Crippen LogP contribution in [0.4, 0.5) is 15.8 Å². The van der Waals surface area contributed by atoms with Gasteiger partial charge in [0.05, 0.1) is 12.3 Å². The van der Waals surface area contributed by atoms with Crippen LogP contribution in [0.1, 0.15) is 18.9 Å². The first-order chi connectivity index (χ1) is 12.1. The van der Waals surface area contributed by atoms with Crippen LogP contribution in [0.2, 0.25) is 0 Å². The number of nitrogens with one attached hydrogen (secondary N) is 1. The summed E-state index contributed by atoms with van der Waals surface area (Å²) in [4.78, 5) is 25.7. The van der Waals surface area contributed by atoms with E-state index in [1.54, 1.807) is 36.4 Å². The van der Waals surface area contributed by atoms with Crippen LogP contribution in [-0.2, 0) is 16.0 Å². The Morgan fingerprint density at radius 2 is 1.96 bits per heavy atom. The van der Waals surface area contributed by atoms with Crippen molar-refractivity contribution in [2.75, 3.05) is 23.4 Å². The number of carbonyl (C=O) groups is 2. The highest BCUT2D eigenvalue weighted by Gasteiger charge is 2.28. The molecule has 2 aromatic carbocycles. The second kappa shape index (κ2) is 7.34. The Bertz CT molecular complexity index is 790. The topological polar surface area (TPSA) is 58.6 Å². The number of hydrogen-bond donors (Lipinski definition) is 1. The molecular weight excluding hydrogens is 323 g/mol. The van der Waals surface area contributed by atoms with Crippen LogP contribution in [0.15, 0.2) is 42.5 Å². The number of aryl methyl sites for hydroxylation is 1. The summed E-state index contributed by atoms with van der Waals surface area (Å²) < 4.78 is 19.5. The molecule has 3 rings (SSSR count). The molecule has 1 N–H and O–H groups in total. The number of rotatable bonds is 5. The van der Waals surface area contributed by atoms with Gasteiger partial charge < -0.3 is 10.1 Å². The van der Waals surface area contributed by atoms with Gasteiger partial charge in [-0.25, -0.2) is 4.39 Å². The third kappa shape index (κ3) is 3.79. The third-order valence-electron chi connectivity index (χ3n) is 4.00. The maximum atomic E-state index is 14.1. The molecule has 1 aliphatic rings. The normalized spacial score (nSPS) is 13.4. The average molecular weight is 342 g/mol. The first-order valence-electron chi connectivity index (χ1n) is 8.19. The quantitative estimate of drug-likeness (QED) is 0.908. The van der Waals surface area contributed by atoms with Crippen molar-refractivity contribution >= 4 is 23.2 Å². The van der Waals surface area contributed by atoms with Gasteiger partial charge in [0, 0.05) is 12.1 Å². The van der Waals surface area contributed by atoms with Crippen LogP contribution >= 0.6 is 0 Å². The highest BCUT2D eigenvalue weighted by molar-refractivity contribution is 6.04. The summed E-state index contributed by atoms with van der Waals surface area (Å²) >= 11 is 0. The molecule has 0 bridgehead atoms. The third-order valence-corrected chi connectivity index (χ3v) is 4.00. The largest absolute Gasteiger partial charge is 0.494 e. The summed E-state index contributed by atoms with van der Waals surface area (Å²) in [6.07, 6.45) is 0.760. The lowest BCUT2D eigenvalue weighted by atomic mass is 10.0. The first-order valence-corrected chi connectivity index (χ1v) is 8.19. The highest BCUT2D eigenvalue weighted by Crippen LogP contribution is 2.30. The molecule has 1 aliphatic heterocycles. The van der Waals surface area contributed by atoms with E-state index in [2.05, 4.69) is 5.32 Å². The average Bonchev–Trinajstić information content (AvgIpc) is 2.59. The molecule has 0 aliphatic carbocycles. The van der Waals surface area contributed by atoms with E-state index < -0.39 is 5.82 Å². The van der Waals surface area contributed by atoms with Crippen molar-refractivity contribution in [1.29, 1.82) is 0 Å². The van der Waals surface area contributed by atoms with Crippen LogP contribution in [0.3, 0.4) is 0 Å². The van der Waals surface area contributed by atoms with Crippen molar-refractivity contribution in [3.05, 3.63) is 53.8 Å². The van der Waals surface area contributed by atoms with Gasteiger partial charge >= 0.3 is 0 Å². The monoisotopic (exact) mass is 342 g/mol. The van der Waals surface area contributed by atoms with E-state index in [9.17, 15) is 14.0 Å². The van der Waals surface area contributed by atoms with Crippen molar-refractivity contribution in [2.45, 2.75) is 19.8 Å². The molecule has 0 saturated heterocycles. The first kappa shape index (κ1) is 17.0. The zero-order chi connectivity index (χ0) is 17.8. The smallest absolute Gasteiger partial charge is 0.244 e. The second-order valence-corrected chi connectivity index (χ2v) is 5.73. The summed E-state index contributed by atoms with van der Waals surface area (Å²) in [6, 6.07) is 11.6. The SMILES string of the molecule is CCOc1ccc(NC(=O)CN2C(=O)CCc3cccc(F)c32)cc1. The van der Waals surface area contributed by atoms with Gasteiger partial charge in [0.2, 0.25) is 11.8 Å². The Balaban J connectivity index is 1.72. The lowest BCUT2D eigenvalue weighted by Gasteiger charge is -2.29. The lowest BCUT2D eigenvalue weighted by molar-refractivity contribution is -0.121. The van der Waals surface area contributed by atoms with Gasteiger partial charge in [0.1, 0.15) is 18.1 Å². The zero-order valence-corrected chi connectivity index (χ0v) is 13.9. The minimum absolute atomic E-state index is 0.209. The van der Waals surface area contributed by atoms with Gasteiger partial charge in [0.15, 0.2) is 0 Å². The summed E-state index contributed by atoms with van der Waals surface area (Å²) in [5.74, 6) is -0.407. The van der Waals surface area contributed by atoms with Crippen LogP contribution < -0.4 is 15.0 Å². The fraction of sp³-hybridized carbons (Fsp3) is 0.263. The van der Waals surface area contributed by atoms with E-state index in [-0.39, 0.29) is 30.5 Å². The minimum Gasteiger partial charge on any atom is -0.494 e. The maximum absolute atomic E-state index is 14.1. The number of anilines is 2. The molecule has 0 spiro atoms. The van der Waals surface area contributed by atoms with Gasteiger partial charge in [-0.3, -0.25) is 14.5 Å². The molecule has 6 heteroatoms. The van der Waals surface area contributed by atoms with Gasteiger partial charge in [-0.15, -0.1) is 0 Å². The molecule has 25 heavy (non-hydrogen) atoms. The number of ether oxygens (including phenoxy) is 1. The highest BCUT2D eigenvalue weighted by atomic mass is 19.1. The molecule has 0 aromatic heterocycles. The van der Waals surface area contributed by atoms with Gasteiger partial charge in [-0.2, -0.15) is 0 Å². The number of halogens is 1. The van der Waals surface area contributed by atoms with Crippen molar-refractivity contribution in [1.82, 2.24) is 0 Å². The number of benzene rings is 2. The van der Waals surface area contributed by atoms with E-state index >= 15 is 0 Å². The molecule has 0 saturated carbocycles. The Kier molecular flexibility index (Phi) is 4.97. The molecule has 0 fully saturated rings. The number of fused-ring (bicyclic) bond motifs is 1. The predicted molar refractivity (Wildman–Crippen MR) is 93.3 cm³/mol. The second-order valence-electron chi connectivity index (χ2n) is 5.73. The number of nitrogens with zero attached hydrogens (tertiary/aromatic N) is 1. The maximum Gasteiger partial charge on any atom is 0.244 e. The summed E-state index contributed by atoms with van der Waals surface area (Å²) in [5.41, 5.74) is 1.54. The van der Waals surface area contributed by atoms with E-state index in [0.717, 1.165) is 5.56 Å². The van der Waals surface area contributed by atoms with Gasteiger partial charge in [-0.05, 0) is 49.2 Å². The van der Waals surface area contributed by atoms with Crippen LogP contribution in [-0.4, -0.2) is 25.0 Å². The molecule has 5 nitrogen and oxygen atoms in total. The predicted octanol–water partition coefficient (Wildman–Crippen LogP) is 3.14. The van der Waals surface area contributed by atoms with Gasteiger partial charge in [0.25, 0.3) is 0 Å². The van der Waals surface area contributed by atoms with Crippen molar-refractivity contribution in [3.63, 3.8) is 0 Å². The lowest BCUT2D eigenvalue weighted by Crippen LogP contribution is -2.41. The van der Waals surface area contributed by atoms with Crippen molar-refractivity contribution in [2.24, 2.45) is 0 Å². The Morgan fingerprint density at radius 3 is 2.68 bits per heavy atom. The molecular formula is C19H19FN2O3. The number of carbonyl (C=O) groups excluding carboxylic acids is 2. The summed E-state index contributed by atoms with van der Waals surface area (Å²) in [6.45, 7) is 2.23. The Labute approximate surface area is 145 Å². The fourth-order valence-electron chi connectivity index (χ4n) is 2.88. The van der Waals surface area contributed by atoms with E-state index in [0.29, 0.717) is 24.5 Å². The molecule has 0 unspecified atom stereocenters. The van der Waals surface area contributed by atoms with E-state index in [1.165, 1.54) is 11.0 Å². The van der Waals surface area contributed by atoms with Crippen LogP contribution in [0, 0.1) is 5.82 Å². The number of para-hydroxylation sites is 1. The zero-order valence-electron chi connectivity index (χ0n) is 13.9. The van der Waals surface area contributed by atoms with Gasteiger partial charge in [-0.1, -0.05) is 12.1 Å². The van der Waals surface area contributed by atoms with E-state index in [1.807, 2.05) is 6.92 Å². The Hall–Kier alpha value is -2.89.